The van der Waals surface area contributed by atoms with Gasteiger partial charge in [0.1, 0.15) is 0 Å². The fourth-order valence-electron chi connectivity index (χ4n) is 4.17. The van der Waals surface area contributed by atoms with Crippen LogP contribution in [-0.4, -0.2) is 47.3 Å². The number of rotatable bonds is 4. The topological polar surface area (TPSA) is 84.3 Å². The monoisotopic (exact) mass is 442 g/mol. The second-order valence-electron chi connectivity index (χ2n) is 7.40. The van der Waals surface area contributed by atoms with Crippen molar-refractivity contribution in [3.63, 3.8) is 0 Å². The zero-order chi connectivity index (χ0) is 20.1. The summed E-state index contributed by atoms with van der Waals surface area (Å²) in [5, 5.41) is 3.86. The molecule has 1 aliphatic heterocycles. The lowest BCUT2D eigenvalue weighted by Crippen LogP contribution is -2.40. The van der Waals surface area contributed by atoms with Crippen molar-refractivity contribution in [2.24, 2.45) is 18.9 Å². The van der Waals surface area contributed by atoms with Crippen LogP contribution in [-0.2, 0) is 17.1 Å². The summed E-state index contributed by atoms with van der Waals surface area (Å²) in [5.74, 6) is 0.0383. The Morgan fingerprint density at radius 2 is 2.04 bits per heavy atom. The number of hydrogen-bond donors (Lipinski definition) is 1. The number of aryl methyl sites for hydroxylation is 1. The summed E-state index contributed by atoms with van der Waals surface area (Å²) in [7, 11) is -1.89. The number of benzene rings is 1. The molecule has 1 aromatic carbocycles. The molecule has 2 heterocycles. The average Bonchev–Trinajstić information content (AvgIpc) is 3.32. The molecule has 1 aromatic heterocycles. The summed E-state index contributed by atoms with van der Waals surface area (Å²) in [6.45, 7) is 0.834. The predicted molar refractivity (Wildman–Crippen MR) is 106 cm³/mol. The Labute approximate surface area is 173 Å². The number of nitrogens with one attached hydrogen (secondary N) is 1. The Hall–Kier alpha value is -1.61. The quantitative estimate of drug-likeness (QED) is 0.788. The number of amides is 1. The minimum Gasteiger partial charge on any atom is -0.349 e. The zero-order valence-electron chi connectivity index (χ0n) is 15.2. The largest absolute Gasteiger partial charge is 0.349 e. The van der Waals surface area contributed by atoms with Crippen LogP contribution in [0.4, 0.5) is 0 Å². The molecule has 2 aromatic rings. The highest BCUT2D eigenvalue weighted by Gasteiger charge is 2.47. The van der Waals surface area contributed by atoms with Crippen LogP contribution in [0.3, 0.4) is 0 Å². The first-order chi connectivity index (χ1) is 13.3. The van der Waals surface area contributed by atoms with Gasteiger partial charge in [-0.2, -0.15) is 4.31 Å². The number of nitrogens with zero attached hydrogens (tertiary/aromatic N) is 3. The van der Waals surface area contributed by atoms with Crippen LogP contribution in [0.1, 0.15) is 23.2 Å². The first kappa shape index (κ1) is 19.7. The summed E-state index contributed by atoms with van der Waals surface area (Å²) in [5.41, 5.74) is 0.366. The van der Waals surface area contributed by atoms with Gasteiger partial charge in [-0.1, -0.05) is 23.2 Å². The van der Waals surface area contributed by atoms with E-state index in [1.165, 1.54) is 22.9 Å². The molecule has 2 fully saturated rings. The molecule has 0 bridgehead atoms. The van der Waals surface area contributed by atoms with Crippen molar-refractivity contribution >= 4 is 39.1 Å². The Balaban J connectivity index is 1.47. The van der Waals surface area contributed by atoms with E-state index >= 15 is 0 Å². The van der Waals surface area contributed by atoms with Crippen molar-refractivity contribution in [3.05, 3.63) is 46.3 Å². The third kappa shape index (κ3) is 3.54. The second-order valence-corrected chi connectivity index (χ2v) is 10.1. The summed E-state index contributed by atoms with van der Waals surface area (Å²) in [6.07, 6.45) is 4.68. The lowest BCUT2D eigenvalue weighted by molar-refractivity contribution is 0.0927. The summed E-state index contributed by atoms with van der Waals surface area (Å²) in [4.78, 5) is 16.6. The van der Waals surface area contributed by atoms with Gasteiger partial charge < -0.3 is 9.88 Å². The van der Waals surface area contributed by atoms with Gasteiger partial charge in [0, 0.05) is 37.4 Å². The maximum atomic E-state index is 12.8. The van der Waals surface area contributed by atoms with Crippen LogP contribution in [0.5, 0.6) is 0 Å². The molecule has 1 saturated heterocycles. The van der Waals surface area contributed by atoms with Crippen molar-refractivity contribution < 1.29 is 13.2 Å². The molecule has 0 spiro atoms. The molecule has 1 aliphatic carbocycles. The number of imidazole rings is 1. The van der Waals surface area contributed by atoms with E-state index in [4.69, 9.17) is 23.2 Å². The van der Waals surface area contributed by atoms with Crippen molar-refractivity contribution in [1.29, 1.82) is 0 Å². The van der Waals surface area contributed by atoms with Crippen LogP contribution in [0, 0.1) is 11.8 Å². The zero-order valence-corrected chi connectivity index (χ0v) is 17.5. The SMILES string of the molecule is Cn1cnc(S(=O)(=O)N2C[C@H]3CC[C@@H](NC(=O)c4ccc(Cl)cc4Cl)[C@H]3C2)c1. The Kier molecular flexibility index (Phi) is 5.16. The second kappa shape index (κ2) is 7.33. The lowest BCUT2D eigenvalue weighted by Gasteiger charge is -2.21. The van der Waals surface area contributed by atoms with Gasteiger partial charge in [-0.15, -0.1) is 0 Å². The first-order valence-electron chi connectivity index (χ1n) is 9.00. The number of hydrogen-bond acceptors (Lipinski definition) is 4. The maximum Gasteiger partial charge on any atom is 0.262 e. The van der Waals surface area contributed by atoms with Gasteiger partial charge in [-0.25, -0.2) is 13.4 Å². The Morgan fingerprint density at radius 1 is 1.25 bits per heavy atom. The third-order valence-corrected chi connectivity index (χ3v) is 7.87. The van der Waals surface area contributed by atoms with Gasteiger partial charge >= 0.3 is 0 Å². The van der Waals surface area contributed by atoms with Gasteiger partial charge in [0.15, 0.2) is 5.03 Å². The van der Waals surface area contributed by atoms with E-state index in [-0.39, 0.29) is 28.8 Å². The molecule has 1 saturated carbocycles. The highest BCUT2D eigenvalue weighted by Crippen LogP contribution is 2.40. The fourth-order valence-corrected chi connectivity index (χ4v) is 6.17. The molecule has 1 amide bonds. The number of aromatic nitrogens is 2. The summed E-state index contributed by atoms with van der Waals surface area (Å²) in [6, 6.07) is 4.66. The molecular formula is C18H20Cl2N4O3S. The number of fused-ring (bicyclic) bond motifs is 1. The molecule has 10 heteroatoms. The molecule has 4 rings (SSSR count). The standard InChI is InChI=1S/C18H20Cl2N4O3S/c1-23-9-17(21-10-23)28(26,27)24-7-11-2-5-16(14(11)8-24)22-18(25)13-4-3-12(19)6-15(13)20/h3-4,6,9-11,14,16H,2,5,7-8H2,1H3,(H,22,25)/t11-,14+,16-/m1/s1. The molecule has 0 unspecified atom stereocenters. The molecule has 3 atom stereocenters. The van der Waals surface area contributed by atoms with Crippen molar-refractivity contribution in [2.75, 3.05) is 13.1 Å². The predicted octanol–water partition coefficient (Wildman–Crippen LogP) is 2.56. The Morgan fingerprint density at radius 3 is 2.71 bits per heavy atom. The molecule has 0 radical (unpaired) electrons. The van der Waals surface area contributed by atoms with E-state index < -0.39 is 10.0 Å². The van der Waals surface area contributed by atoms with Crippen LogP contribution in [0.15, 0.2) is 35.7 Å². The average molecular weight is 443 g/mol. The van der Waals surface area contributed by atoms with E-state index in [1.54, 1.807) is 23.7 Å². The van der Waals surface area contributed by atoms with Crippen molar-refractivity contribution in [1.82, 2.24) is 19.2 Å². The van der Waals surface area contributed by atoms with Crippen LogP contribution in [0.2, 0.25) is 10.0 Å². The van der Waals surface area contributed by atoms with E-state index in [0.29, 0.717) is 28.7 Å². The molecule has 150 valence electrons. The fraction of sp³-hybridized carbons (Fsp3) is 0.444. The van der Waals surface area contributed by atoms with Crippen LogP contribution in [0.25, 0.3) is 0 Å². The molecular weight excluding hydrogens is 423 g/mol. The Bertz CT molecular complexity index is 1020. The van der Waals surface area contributed by atoms with Gasteiger partial charge in [-0.05, 0) is 42.9 Å². The third-order valence-electron chi connectivity index (χ3n) is 5.60. The lowest BCUT2D eigenvalue weighted by atomic mass is 9.97. The van der Waals surface area contributed by atoms with Gasteiger partial charge in [0.25, 0.3) is 15.9 Å². The van der Waals surface area contributed by atoms with E-state index in [9.17, 15) is 13.2 Å². The van der Waals surface area contributed by atoms with Crippen LogP contribution >= 0.6 is 23.2 Å². The maximum absolute atomic E-state index is 12.8. The van der Waals surface area contributed by atoms with E-state index in [0.717, 1.165) is 12.8 Å². The molecule has 7 nitrogen and oxygen atoms in total. The molecule has 28 heavy (non-hydrogen) atoms. The minimum atomic E-state index is -3.62. The van der Waals surface area contributed by atoms with Crippen molar-refractivity contribution in [3.8, 4) is 0 Å². The normalized spacial score (nSPS) is 25.0. The highest BCUT2D eigenvalue weighted by molar-refractivity contribution is 7.89. The van der Waals surface area contributed by atoms with Crippen molar-refractivity contribution in [2.45, 2.75) is 23.9 Å². The van der Waals surface area contributed by atoms with E-state index in [2.05, 4.69) is 10.3 Å². The van der Waals surface area contributed by atoms with E-state index in [1.807, 2.05) is 0 Å². The number of carbonyl (C=O) groups excluding carboxylic acids is 1. The minimum absolute atomic E-state index is 0.0588. The number of carbonyl (C=O) groups is 1. The smallest absolute Gasteiger partial charge is 0.262 e. The first-order valence-corrected chi connectivity index (χ1v) is 11.2. The number of halogens is 2. The highest BCUT2D eigenvalue weighted by atomic mass is 35.5. The molecule has 2 aliphatic rings. The van der Waals surface area contributed by atoms with Crippen LogP contribution < -0.4 is 5.32 Å². The van der Waals surface area contributed by atoms with Gasteiger partial charge in [-0.3, -0.25) is 4.79 Å². The van der Waals surface area contributed by atoms with Gasteiger partial charge in [0.05, 0.1) is 16.9 Å². The molecule has 1 N–H and O–H groups in total. The summed E-state index contributed by atoms with van der Waals surface area (Å²) < 4.78 is 28.8. The number of sulfonamides is 1. The van der Waals surface area contributed by atoms with Gasteiger partial charge in [0.2, 0.25) is 0 Å². The summed E-state index contributed by atoms with van der Waals surface area (Å²) >= 11 is 12.0.